The van der Waals surface area contributed by atoms with Crippen LogP contribution < -0.4 is 5.32 Å². The van der Waals surface area contributed by atoms with Gasteiger partial charge in [0.15, 0.2) is 6.61 Å². The number of amides is 1. The summed E-state index contributed by atoms with van der Waals surface area (Å²) in [4.78, 5) is 24.3. The molecule has 0 saturated heterocycles. The molecule has 136 valence electrons. The Kier molecular flexibility index (Phi) is 5.84. The Labute approximate surface area is 162 Å². The van der Waals surface area contributed by atoms with Gasteiger partial charge >= 0.3 is 5.97 Å². The van der Waals surface area contributed by atoms with Crippen LogP contribution in [0, 0.1) is 0 Å². The van der Waals surface area contributed by atoms with Gasteiger partial charge in [-0.15, -0.1) is 0 Å². The van der Waals surface area contributed by atoms with E-state index in [2.05, 4.69) is 5.32 Å². The highest BCUT2D eigenvalue weighted by Gasteiger charge is 2.52. The lowest BCUT2D eigenvalue weighted by molar-refractivity contribution is -0.151. The van der Waals surface area contributed by atoms with Crippen LogP contribution in [-0.2, 0) is 26.2 Å². The van der Waals surface area contributed by atoms with Crippen molar-refractivity contribution >= 4 is 35.1 Å². The quantitative estimate of drug-likeness (QED) is 0.727. The van der Waals surface area contributed by atoms with Gasteiger partial charge in [-0.1, -0.05) is 47.5 Å². The third-order valence-corrected chi connectivity index (χ3v) is 5.02. The fourth-order valence-corrected chi connectivity index (χ4v) is 3.07. The van der Waals surface area contributed by atoms with E-state index in [1.807, 2.05) is 36.4 Å². The maximum absolute atomic E-state index is 12.4. The number of esters is 1. The molecule has 1 aliphatic carbocycles. The van der Waals surface area contributed by atoms with Gasteiger partial charge in [0.2, 0.25) is 0 Å². The number of hydrogen-bond acceptors (Lipinski definition) is 3. The van der Waals surface area contributed by atoms with Crippen molar-refractivity contribution in [3.8, 4) is 0 Å². The van der Waals surface area contributed by atoms with Crippen molar-refractivity contribution < 1.29 is 14.3 Å². The van der Waals surface area contributed by atoms with Crippen LogP contribution in [0.3, 0.4) is 0 Å². The lowest BCUT2D eigenvalue weighted by Crippen LogP contribution is -2.33. The zero-order valence-electron chi connectivity index (χ0n) is 14.1. The fraction of sp³-hybridized carbons (Fsp3) is 0.300. The summed E-state index contributed by atoms with van der Waals surface area (Å²) in [5.74, 6) is -0.660. The minimum absolute atomic E-state index is 0.269. The summed E-state index contributed by atoms with van der Waals surface area (Å²) in [6.45, 7) is 0.204. The molecule has 26 heavy (non-hydrogen) atoms. The molecular weight excluding hydrogens is 373 g/mol. The molecule has 0 radical (unpaired) electrons. The van der Waals surface area contributed by atoms with Crippen LogP contribution in [0.15, 0.2) is 48.5 Å². The second-order valence-corrected chi connectivity index (χ2v) is 7.26. The Morgan fingerprint density at radius 1 is 0.962 bits per heavy atom. The molecule has 3 rings (SSSR count). The molecule has 2 aromatic carbocycles. The van der Waals surface area contributed by atoms with E-state index in [-0.39, 0.29) is 18.5 Å². The van der Waals surface area contributed by atoms with E-state index < -0.39 is 5.41 Å². The van der Waals surface area contributed by atoms with Gasteiger partial charge in [0, 0.05) is 16.6 Å². The van der Waals surface area contributed by atoms with E-state index >= 15 is 0 Å². The monoisotopic (exact) mass is 391 g/mol. The van der Waals surface area contributed by atoms with Crippen molar-refractivity contribution in [1.82, 2.24) is 5.32 Å². The van der Waals surface area contributed by atoms with Crippen LogP contribution >= 0.6 is 23.2 Å². The molecule has 4 nitrogen and oxygen atoms in total. The number of rotatable bonds is 7. The standard InChI is InChI=1S/C20H19Cl2NO3/c21-16-5-1-14(2-6-16)9-12-23-18(24)13-26-19(25)20(10-11-20)15-3-7-17(22)8-4-15/h1-8H,9-13H2,(H,23,24). The van der Waals surface area contributed by atoms with Crippen LogP contribution in [0.2, 0.25) is 10.0 Å². The van der Waals surface area contributed by atoms with Gasteiger partial charge in [-0.3, -0.25) is 9.59 Å². The van der Waals surface area contributed by atoms with Gasteiger partial charge in [0.25, 0.3) is 5.91 Å². The molecule has 1 N–H and O–H groups in total. The summed E-state index contributed by atoms with van der Waals surface area (Å²) in [6.07, 6.45) is 2.14. The number of nitrogens with one attached hydrogen (secondary N) is 1. The molecule has 1 amide bonds. The van der Waals surface area contributed by atoms with Gasteiger partial charge in [0.05, 0.1) is 5.41 Å². The van der Waals surface area contributed by atoms with Crippen molar-refractivity contribution in [2.45, 2.75) is 24.7 Å². The minimum atomic E-state index is -0.617. The smallest absolute Gasteiger partial charge is 0.317 e. The van der Waals surface area contributed by atoms with E-state index in [9.17, 15) is 9.59 Å². The number of carbonyl (C=O) groups excluding carboxylic acids is 2. The van der Waals surface area contributed by atoms with E-state index in [4.69, 9.17) is 27.9 Å². The van der Waals surface area contributed by atoms with Crippen molar-refractivity contribution in [3.63, 3.8) is 0 Å². The molecule has 1 fully saturated rings. The summed E-state index contributed by atoms with van der Waals surface area (Å²) >= 11 is 11.7. The predicted octanol–water partition coefficient (Wildman–Crippen LogP) is 3.93. The SMILES string of the molecule is O=C(COC(=O)C1(c2ccc(Cl)cc2)CC1)NCCc1ccc(Cl)cc1. The van der Waals surface area contributed by atoms with Gasteiger partial charge in [0.1, 0.15) is 0 Å². The normalized spacial score (nSPS) is 14.5. The molecule has 0 unspecified atom stereocenters. The van der Waals surface area contributed by atoms with E-state index in [0.717, 1.165) is 24.0 Å². The molecule has 1 aliphatic rings. The van der Waals surface area contributed by atoms with Gasteiger partial charge < -0.3 is 10.1 Å². The highest BCUT2D eigenvalue weighted by molar-refractivity contribution is 6.30. The van der Waals surface area contributed by atoms with Gasteiger partial charge in [-0.25, -0.2) is 0 Å². The van der Waals surface area contributed by atoms with Crippen molar-refractivity contribution in [2.75, 3.05) is 13.2 Å². The van der Waals surface area contributed by atoms with Crippen LogP contribution in [-0.4, -0.2) is 25.0 Å². The van der Waals surface area contributed by atoms with Crippen LogP contribution in [0.5, 0.6) is 0 Å². The number of carbonyl (C=O) groups is 2. The third-order valence-electron chi connectivity index (χ3n) is 4.52. The van der Waals surface area contributed by atoms with Gasteiger partial charge in [-0.05, 0) is 54.7 Å². The highest BCUT2D eigenvalue weighted by Crippen LogP contribution is 2.49. The number of benzene rings is 2. The lowest BCUT2D eigenvalue weighted by atomic mass is 9.96. The zero-order chi connectivity index (χ0) is 18.6. The largest absolute Gasteiger partial charge is 0.455 e. The highest BCUT2D eigenvalue weighted by atomic mass is 35.5. The Hall–Kier alpha value is -2.04. The minimum Gasteiger partial charge on any atom is -0.455 e. The molecule has 2 aromatic rings. The van der Waals surface area contributed by atoms with Crippen molar-refractivity contribution in [3.05, 3.63) is 69.7 Å². The Bertz CT molecular complexity index is 784. The zero-order valence-corrected chi connectivity index (χ0v) is 15.6. The van der Waals surface area contributed by atoms with Gasteiger partial charge in [-0.2, -0.15) is 0 Å². The first kappa shape index (κ1) is 18.7. The number of hydrogen-bond donors (Lipinski definition) is 1. The summed E-state index contributed by atoms with van der Waals surface area (Å²) in [6, 6.07) is 14.6. The molecule has 0 heterocycles. The molecule has 0 bridgehead atoms. The Balaban J connectivity index is 1.43. The fourth-order valence-electron chi connectivity index (χ4n) is 2.82. The molecular formula is C20H19Cl2NO3. The van der Waals surface area contributed by atoms with Crippen LogP contribution in [0.1, 0.15) is 24.0 Å². The van der Waals surface area contributed by atoms with Crippen molar-refractivity contribution in [2.24, 2.45) is 0 Å². The Morgan fingerprint density at radius 3 is 2.12 bits per heavy atom. The number of ether oxygens (including phenoxy) is 1. The maximum Gasteiger partial charge on any atom is 0.317 e. The first-order valence-corrected chi connectivity index (χ1v) is 9.20. The molecule has 0 aromatic heterocycles. The molecule has 1 saturated carbocycles. The van der Waals surface area contributed by atoms with Crippen LogP contribution in [0.4, 0.5) is 0 Å². The predicted molar refractivity (Wildman–Crippen MR) is 101 cm³/mol. The molecule has 0 aliphatic heterocycles. The van der Waals surface area contributed by atoms with Crippen molar-refractivity contribution in [1.29, 1.82) is 0 Å². The second-order valence-electron chi connectivity index (χ2n) is 6.39. The summed E-state index contributed by atoms with van der Waals surface area (Å²) < 4.78 is 5.23. The lowest BCUT2D eigenvalue weighted by Gasteiger charge is -2.15. The summed E-state index contributed by atoms with van der Waals surface area (Å²) in [5, 5.41) is 4.06. The third kappa shape index (κ3) is 4.57. The molecule has 6 heteroatoms. The first-order chi connectivity index (χ1) is 12.5. The average Bonchev–Trinajstić information content (AvgIpc) is 3.44. The Morgan fingerprint density at radius 2 is 1.54 bits per heavy atom. The van der Waals surface area contributed by atoms with Crippen LogP contribution in [0.25, 0.3) is 0 Å². The maximum atomic E-state index is 12.4. The number of halogens is 2. The molecule has 0 spiro atoms. The first-order valence-electron chi connectivity index (χ1n) is 8.44. The average molecular weight is 392 g/mol. The van der Waals surface area contributed by atoms with E-state index in [0.29, 0.717) is 23.0 Å². The summed E-state index contributed by atoms with van der Waals surface area (Å²) in [7, 11) is 0. The topological polar surface area (TPSA) is 55.4 Å². The molecule has 0 atom stereocenters. The van der Waals surface area contributed by atoms with E-state index in [1.165, 1.54) is 0 Å². The summed E-state index contributed by atoms with van der Waals surface area (Å²) in [5.41, 5.74) is 1.34. The second kappa shape index (κ2) is 8.11. The van der Waals surface area contributed by atoms with E-state index in [1.54, 1.807) is 12.1 Å².